The van der Waals surface area contributed by atoms with Crippen LogP contribution in [0.4, 0.5) is 13.2 Å². The van der Waals surface area contributed by atoms with Gasteiger partial charge in [-0.15, -0.1) is 0 Å². The third-order valence-electron chi connectivity index (χ3n) is 4.11. The molecule has 0 spiro atoms. The molecule has 1 aliphatic rings. The van der Waals surface area contributed by atoms with Crippen LogP contribution in [0.1, 0.15) is 56.2 Å². The fraction of sp³-hybridized carbons (Fsp3) is 0.667. The number of rotatable bonds is 5. The minimum absolute atomic E-state index is 0.0442. The molecule has 0 aliphatic carbocycles. The van der Waals surface area contributed by atoms with Gasteiger partial charge in [0.15, 0.2) is 5.82 Å². The lowest BCUT2D eigenvalue weighted by atomic mass is 10.2. The maximum atomic E-state index is 12.6. The molecule has 0 N–H and O–H groups in total. The van der Waals surface area contributed by atoms with Crippen LogP contribution in [-0.4, -0.2) is 37.3 Å². The van der Waals surface area contributed by atoms with Crippen molar-refractivity contribution in [3.05, 3.63) is 29.9 Å². The first-order chi connectivity index (χ1) is 11.3. The Kier molecular flexibility index (Phi) is 4.62. The molecule has 0 radical (unpaired) electrons. The highest BCUT2D eigenvalue weighted by Crippen LogP contribution is 2.32. The molecule has 9 heteroatoms. The molecule has 132 valence electrons. The van der Waals surface area contributed by atoms with Crippen LogP contribution in [0.25, 0.3) is 0 Å². The highest BCUT2D eigenvalue weighted by molar-refractivity contribution is 5.02. The number of nitrogens with zero attached hydrogens (tertiary/aromatic N) is 5. The van der Waals surface area contributed by atoms with Crippen LogP contribution in [0.3, 0.4) is 0 Å². The molecule has 6 nitrogen and oxygen atoms in total. The van der Waals surface area contributed by atoms with E-state index >= 15 is 0 Å². The number of likely N-dealkylation sites (tertiary alicyclic amines) is 1. The van der Waals surface area contributed by atoms with E-state index in [1.807, 2.05) is 13.8 Å². The molecule has 2 aromatic rings. The second-order valence-corrected chi connectivity index (χ2v) is 6.36. The van der Waals surface area contributed by atoms with Gasteiger partial charge in [0.05, 0.1) is 12.6 Å². The molecule has 3 rings (SSSR count). The molecule has 0 aromatic carbocycles. The standard InChI is InChI=1S/C15H20F3N5O/c1-10(2)14-20-13(21-24-14)11-4-3-6-22(11)8-12-19-5-7-23(12)9-15(16,17)18/h5,7,10-11H,3-4,6,8-9H2,1-2H3/t11-/m1/s1. The Balaban J connectivity index is 1.73. The van der Waals surface area contributed by atoms with Crippen LogP contribution >= 0.6 is 0 Å². The van der Waals surface area contributed by atoms with Gasteiger partial charge in [0.1, 0.15) is 12.4 Å². The van der Waals surface area contributed by atoms with Crippen molar-refractivity contribution in [1.29, 1.82) is 0 Å². The first-order valence-electron chi connectivity index (χ1n) is 7.98. The zero-order valence-corrected chi connectivity index (χ0v) is 13.6. The van der Waals surface area contributed by atoms with E-state index in [4.69, 9.17) is 4.52 Å². The third-order valence-corrected chi connectivity index (χ3v) is 4.11. The zero-order chi connectivity index (χ0) is 17.3. The van der Waals surface area contributed by atoms with Crippen LogP contribution < -0.4 is 0 Å². The number of hydrogen-bond acceptors (Lipinski definition) is 5. The van der Waals surface area contributed by atoms with E-state index in [9.17, 15) is 13.2 Å². The van der Waals surface area contributed by atoms with Crippen LogP contribution in [-0.2, 0) is 13.1 Å². The molecule has 0 unspecified atom stereocenters. The molecule has 0 amide bonds. The SMILES string of the molecule is CC(C)c1nc([C@H]2CCCN2Cc2nccn2CC(F)(F)F)no1. The summed E-state index contributed by atoms with van der Waals surface area (Å²) in [7, 11) is 0. The summed E-state index contributed by atoms with van der Waals surface area (Å²) in [6.07, 6.45) is 0.295. The second kappa shape index (κ2) is 6.54. The molecule has 2 aromatic heterocycles. The summed E-state index contributed by atoms with van der Waals surface area (Å²) < 4.78 is 44.3. The number of imidazole rings is 1. The summed E-state index contributed by atoms with van der Waals surface area (Å²) in [6.45, 7) is 4.02. The first kappa shape index (κ1) is 16.9. The zero-order valence-electron chi connectivity index (χ0n) is 13.6. The lowest BCUT2D eigenvalue weighted by Gasteiger charge is -2.22. The van der Waals surface area contributed by atoms with Gasteiger partial charge in [-0.3, -0.25) is 4.90 Å². The quantitative estimate of drug-likeness (QED) is 0.834. The van der Waals surface area contributed by atoms with Gasteiger partial charge in [0, 0.05) is 18.3 Å². The largest absolute Gasteiger partial charge is 0.406 e. The predicted molar refractivity (Wildman–Crippen MR) is 79.1 cm³/mol. The summed E-state index contributed by atoms with van der Waals surface area (Å²) in [4.78, 5) is 10.6. The first-order valence-corrected chi connectivity index (χ1v) is 7.98. The van der Waals surface area contributed by atoms with E-state index in [0.717, 1.165) is 24.0 Å². The fourth-order valence-corrected chi connectivity index (χ4v) is 2.94. The van der Waals surface area contributed by atoms with Gasteiger partial charge >= 0.3 is 6.18 Å². The maximum Gasteiger partial charge on any atom is 0.406 e. The van der Waals surface area contributed by atoms with E-state index in [-0.39, 0.29) is 12.0 Å². The molecule has 0 bridgehead atoms. The topological polar surface area (TPSA) is 60.0 Å². The van der Waals surface area contributed by atoms with Gasteiger partial charge in [-0.1, -0.05) is 19.0 Å². The van der Waals surface area contributed by atoms with Crippen LogP contribution in [0.5, 0.6) is 0 Å². The highest BCUT2D eigenvalue weighted by atomic mass is 19.4. The van der Waals surface area contributed by atoms with Crippen molar-refractivity contribution in [2.24, 2.45) is 0 Å². The van der Waals surface area contributed by atoms with E-state index < -0.39 is 12.7 Å². The molecule has 24 heavy (non-hydrogen) atoms. The van der Waals surface area contributed by atoms with Crippen molar-refractivity contribution in [3.63, 3.8) is 0 Å². The Morgan fingerprint density at radius 3 is 2.83 bits per heavy atom. The molecule has 0 saturated carbocycles. The van der Waals surface area contributed by atoms with Crippen LogP contribution in [0.15, 0.2) is 16.9 Å². The smallest absolute Gasteiger partial charge is 0.339 e. The van der Waals surface area contributed by atoms with Gasteiger partial charge in [-0.05, 0) is 19.4 Å². The minimum atomic E-state index is -4.26. The number of halogens is 3. The summed E-state index contributed by atoms with van der Waals surface area (Å²) in [5.74, 6) is 1.72. The van der Waals surface area contributed by atoms with Crippen LogP contribution in [0, 0.1) is 0 Å². The van der Waals surface area contributed by atoms with E-state index in [1.165, 1.54) is 12.4 Å². The lowest BCUT2D eigenvalue weighted by Crippen LogP contribution is -2.27. The fourth-order valence-electron chi connectivity index (χ4n) is 2.94. The monoisotopic (exact) mass is 343 g/mol. The second-order valence-electron chi connectivity index (χ2n) is 6.36. The van der Waals surface area contributed by atoms with Crippen molar-refractivity contribution in [2.75, 3.05) is 6.54 Å². The Morgan fingerprint density at radius 1 is 1.38 bits per heavy atom. The average molecular weight is 343 g/mol. The number of aromatic nitrogens is 4. The summed E-state index contributed by atoms with van der Waals surface area (Å²) in [5.41, 5.74) is 0. The van der Waals surface area contributed by atoms with Crippen molar-refractivity contribution in [3.8, 4) is 0 Å². The van der Waals surface area contributed by atoms with E-state index in [1.54, 1.807) is 0 Å². The van der Waals surface area contributed by atoms with E-state index in [0.29, 0.717) is 24.1 Å². The molecule has 1 atom stereocenters. The van der Waals surface area contributed by atoms with Gasteiger partial charge in [-0.25, -0.2) is 4.98 Å². The number of alkyl halides is 3. The summed E-state index contributed by atoms with van der Waals surface area (Å²) >= 11 is 0. The van der Waals surface area contributed by atoms with Crippen molar-refractivity contribution in [2.45, 2.75) is 57.9 Å². The minimum Gasteiger partial charge on any atom is -0.339 e. The lowest BCUT2D eigenvalue weighted by molar-refractivity contribution is -0.141. The Labute approximate surface area is 137 Å². The summed E-state index contributed by atoms with van der Waals surface area (Å²) in [6, 6.07) is -0.0442. The van der Waals surface area contributed by atoms with Crippen molar-refractivity contribution in [1.82, 2.24) is 24.6 Å². The average Bonchev–Trinajstić information content (AvgIpc) is 3.18. The molecular formula is C15H20F3N5O. The predicted octanol–water partition coefficient (Wildman–Crippen LogP) is 3.29. The van der Waals surface area contributed by atoms with Gasteiger partial charge in [0.25, 0.3) is 0 Å². The molecular weight excluding hydrogens is 323 g/mol. The normalized spacial score (nSPS) is 19.5. The molecule has 3 heterocycles. The third kappa shape index (κ3) is 3.77. The van der Waals surface area contributed by atoms with Crippen molar-refractivity contribution < 1.29 is 17.7 Å². The Morgan fingerprint density at radius 2 is 2.17 bits per heavy atom. The van der Waals surface area contributed by atoms with Gasteiger partial charge in [-0.2, -0.15) is 18.2 Å². The molecule has 1 saturated heterocycles. The maximum absolute atomic E-state index is 12.6. The number of hydrogen-bond donors (Lipinski definition) is 0. The van der Waals surface area contributed by atoms with Crippen LogP contribution in [0.2, 0.25) is 0 Å². The Hall–Kier alpha value is -1.90. The molecule has 1 fully saturated rings. The van der Waals surface area contributed by atoms with Gasteiger partial charge < -0.3 is 9.09 Å². The van der Waals surface area contributed by atoms with Gasteiger partial charge in [0.2, 0.25) is 5.89 Å². The van der Waals surface area contributed by atoms with E-state index in [2.05, 4.69) is 20.0 Å². The molecule has 1 aliphatic heterocycles. The summed E-state index contributed by atoms with van der Waals surface area (Å²) in [5, 5.41) is 4.05. The highest BCUT2D eigenvalue weighted by Gasteiger charge is 2.33. The van der Waals surface area contributed by atoms with Crippen molar-refractivity contribution >= 4 is 0 Å². The Bertz CT molecular complexity index is 679.